The number of allylic oxidation sites excluding steroid dienone is 1. The molecule has 0 N–H and O–H groups in total. The Balaban J connectivity index is 1.44. The van der Waals surface area contributed by atoms with Crippen molar-refractivity contribution in [3.05, 3.63) is 71.6 Å². The third kappa shape index (κ3) is 6.68. The molecule has 1 aliphatic carbocycles. The van der Waals surface area contributed by atoms with Crippen molar-refractivity contribution in [3.63, 3.8) is 0 Å². The van der Waals surface area contributed by atoms with Crippen LogP contribution in [0, 0.1) is 29.0 Å². The maximum Gasteiger partial charge on any atom is 0.343 e. The van der Waals surface area contributed by atoms with Gasteiger partial charge in [-0.1, -0.05) is 31.9 Å². The van der Waals surface area contributed by atoms with E-state index in [4.69, 9.17) is 14.7 Å². The van der Waals surface area contributed by atoms with Crippen molar-refractivity contribution >= 4 is 5.97 Å². The Bertz CT molecular complexity index is 938. The fourth-order valence-electron chi connectivity index (χ4n) is 3.97. The Morgan fingerprint density at radius 2 is 1.84 bits per heavy atom. The minimum atomic E-state index is -0.724. The summed E-state index contributed by atoms with van der Waals surface area (Å²) in [5.41, 5.74) is 0.232. The van der Waals surface area contributed by atoms with Gasteiger partial charge in [0.15, 0.2) is 0 Å². The molecule has 2 aromatic rings. The van der Waals surface area contributed by atoms with Gasteiger partial charge in [-0.2, -0.15) is 5.26 Å². The van der Waals surface area contributed by atoms with Gasteiger partial charge in [-0.05, 0) is 73.9 Å². The Morgan fingerprint density at radius 3 is 2.48 bits per heavy atom. The van der Waals surface area contributed by atoms with E-state index in [9.17, 15) is 9.18 Å². The predicted molar refractivity (Wildman–Crippen MR) is 118 cm³/mol. The monoisotopic (exact) mass is 421 g/mol. The van der Waals surface area contributed by atoms with E-state index < -0.39 is 11.8 Å². The zero-order valence-electron chi connectivity index (χ0n) is 17.9. The highest BCUT2D eigenvalue weighted by Crippen LogP contribution is 2.32. The summed E-state index contributed by atoms with van der Waals surface area (Å²) in [6.45, 7) is 2.75. The fraction of sp³-hybridized carbons (Fsp3) is 0.385. The number of nitrogens with zero attached hydrogens (tertiary/aromatic N) is 1. The molecule has 1 fully saturated rings. The largest absolute Gasteiger partial charge is 0.490 e. The Kier molecular flexibility index (Phi) is 8.23. The van der Waals surface area contributed by atoms with Crippen molar-refractivity contribution in [2.45, 2.75) is 45.4 Å². The number of nitriles is 1. The van der Waals surface area contributed by atoms with Crippen LogP contribution in [0.2, 0.25) is 0 Å². The summed E-state index contributed by atoms with van der Waals surface area (Å²) in [6.07, 6.45) is 12.2. The lowest BCUT2D eigenvalue weighted by Gasteiger charge is -2.26. The highest BCUT2D eigenvalue weighted by Gasteiger charge is 2.18. The number of benzene rings is 2. The van der Waals surface area contributed by atoms with E-state index in [2.05, 4.69) is 19.1 Å². The van der Waals surface area contributed by atoms with E-state index in [1.54, 1.807) is 30.3 Å². The van der Waals surface area contributed by atoms with Crippen LogP contribution < -0.4 is 9.47 Å². The lowest BCUT2D eigenvalue weighted by Crippen LogP contribution is -2.13. The van der Waals surface area contributed by atoms with Crippen molar-refractivity contribution in [1.82, 2.24) is 0 Å². The second-order valence-corrected chi connectivity index (χ2v) is 7.98. The number of rotatable bonds is 8. The van der Waals surface area contributed by atoms with Crippen LogP contribution in [0.4, 0.5) is 4.39 Å². The van der Waals surface area contributed by atoms with Gasteiger partial charge in [-0.15, -0.1) is 0 Å². The van der Waals surface area contributed by atoms with E-state index >= 15 is 0 Å². The van der Waals surface area contributed by atoms with E-state index in [-0.39, 0.29) is 11.3 Å². The van der Waals surface area contributed by atoms with E-state index in [0.717, 1.165) is 12.0 Å². The van der Waals surface area contributed by atoms with Crippen LogP contribution >= 0.6 is 0 Å². The Morgan fingerprint density at radius 1 is 1.13 bits per heavy atom. The van der Waals surface area contributed by atoms with Gasteiger partial charge >= 0.3 is 5.97 Å². The van der Waals surface area contributed by atoms with Crippen LogP contribution in [-0.4, -0.2) is 12.6 Å². The molecule has 0 atom stereocenters. The third-order valence-electron chi connectivity index (χ3n) is 5.70. The molecule has 162 valence electrons. The molecule has 3 rings (SSSR count). The van der Waals surface area contributed by atoms with Gasteiger partial charge in [-0.3, -0.25) is 0 Å². The van der Waals surface area contributed by atoms with Gasteiger partial charge in [0.05, 0.1) is 11.1 Å². The molecular formula is C26H28FNO3. The first-order valence-corrected chi connectivity index (χ1v) is 10.9. The smallest absolute Gasteiger partial charge is 0.343 e. The summed E-state index contributed by atoms with van der Waals surface area (Å²) in [4.78, 5) is 12.2. The minimum Gasteiger partial charge on any atom is -0.490 e. The summed E-state index contributed by atoms with van der Waals surface area (Å²) in [6, 6.07) is 12.0. The summed E-state index contributed by atoms with van der Waals surface area (Å²) >= 11 is 0. The molecule has 0 saturated heterocycles. The van der Waals surface area contributed by atoms with Gasteiger partial charge in [0.1, 0.15) is 30.0 Å². The lowest BCUT2D eigenvalue weighted by molar-refractivity contribution is 0.0734. The quantitative estimate of drug-likeness (QED) is 0.279. The number of hydrogen-bond donors (Lipinski definition) is 0. The molecule has 31 heavy (non-hydrogen) atoms. The number of halogens is 1. The molecule has 0 radical (unpaired) electrons. The summed E-state index contributed by atoms with van der Waals surface area (Å²) in [5, 5.41) is 8.75. The number of carbonyl (C=O) groups is 1. The van der Waals surface area contributed by atoms with Gasteiger partial charge < -0.3 is 9.47 Å². The Hall–Kier alpha value is -3.13. The molecule has 4 nitrogen and oxygen atoms in total. The average Bonchev–Trinajstić information content (AvgIpc) is 2.78. The number of carbonyl (C=O) groups excluding carboxylic acids is 1. The second-order valence-electron chi connectivity index (χ2n) is 7.98. The third-order valence-corrected chi connectivity index (χ3v) is 5.70. The first-order valence-electron chi connectivity index (χ1n) is 10.9. The highest BCUT2D eigenvalue weighted by molar-refractivity contribution is 5.91. The van der Waals surface area contributed by atoms with Crippen LogP contribution in [0.15, 0.2) is 54.6 Å². The van der Waals surface area contributed by atoms with Crippen LogP contribution in [-0.2, 0) is 0 Å². The molecule has 0 unspecified atom stereocenters. The molecule has 2 aromatic carbocycles. The predicted octanol–water partition coefficient (Wildman–Crippen LogP) is 6.46. The van der Waals surface area contributed by atoms with Crippen molar-refractivity contribution in [2.24, 2.45) is 11.8 Å². The van der Waals surface area contributed by atoms with Gasteiger partial charge in [-0.25, -0.2) is 9.18 Å². The first kappa shape index (κ1) is 22.6. The van der Waals surface area contributed by atoms with Gasteiger partial charge in [0, 0.05) is 6.07 Å². The minimum absolute atomic E-state index is 0.0516. The second kappa shape index (κ2) is 11.3. The van der Waals surface area contributed by atoms with Crippen LogP contribution in [0.25, 0.3) is 0 Å². The standard InChI is InChI=1S/C26H28FNO3/c1-2-4-19-6-8-20(9-7-19)5-3-16-30-23-13-10-21(11-14-23)26(29)31-24-15-12-22(18-28)25(27)17-24/h3,5,10-15,17,19-20H,2,4,6-9,16H2,1H3/b5-3+. The molecule has 0 bridgehead atoms. The van der Waals surface area contributed by atoms with E-state index in [1.807, 2.05) is 0 Å². The molecule has 0 spiro atoms. The molecule has 0 aromatic heterocycles. The van der Waals surface area contributed by atoms with Crippen LogP contribution in [0.3, 0.4) is 0 Å². The normalized spacial score (nSPS) is 18.5. The van der Waals surface area contributed by atoms with Gasteiger partial charge in [0.25, 0.3) is 0 Å². The molecule has 5 heteroatoms. The topological polar surface area (TPSA) is 59.3 Å². The molecule has 0 amide bonds. The zero-order valence-corrected chi connectivity index (χ0v) is 17.9. The molecule has 0 heterocycles. The molecule has 0 aliphatic heterocycles. The molecular weight excluding hydrogens is 393 g/mol. The Labute approximate surface area is 183 Å². The number of hydrogen-bond acceptors (Lipinski definition) is 4. The summed E-state index contributed by atoms with van der Waals surface area (Å²) in [5.74, 6) is 0.953. The zero-order chi connectivity index (χ0) is 22.1. The van der Waals surface area contributed by atoms with E-state index in [1.165, 1.54) is 50.7 Å². The lowest BCUT2D eigenvalue weighted by atomic mass is 9.80. The maximum atomic E-state index is 13.6. The summed E-state index contributed by atoms with van der Waals surface area (Å²) < 4.78 is 24.5. The van der Waals surface area contributed by atoms with Gasteiger partial charge in [0.2, 0.25) is 0 Å². The average molecular weight is 422 g/mol. The van der Waals surface area contributed by atoms with Crippen molar-refractivity contribution < 1.29 is 18.7 Å². The molecule has 1 saturated carbocycles. The van der Waals surface area contributed by atoms with Crippen molar-refractivity contribution in [3.8, 4) is 17.6 Å². The molecule has 1 aliphatic rings. The van der Waals surface area contributed by atoms with Crippen molar-refractivity contribution in [2.75, 3.05) is 6.61 Å². The van der Waals surface area contributed by atoms with Crippen LogP contribution in [0.5, 0.6) is 11.5 Å². The van der Waals surface area contributed by atoms with E-state index in [0.29, 0.717) is 23.8 Å². The maximum absolute atomic E-state index is 13.6. The first-order chi connectivity index (χ1) is 15.1. The van der Waals surface area contributed by atoms with Crippen molar-refractivity contribution in [1.29, 1.82) is 5.26 Å². The van der Waals surface area contributed by atoms with Crippen LogP contribution in [0.1, 0.15) is 61.4 Å². The SMILES string of the molecule is CCCC1CCC(/C=C/COc2ccc(C(=O)Oc3ccc(C#N)c(F)c3)cc2)CC1. The fourth-order valence-corrected chi connectivity index (χ4v) is 3.97. The summed E-state index contributed by atoms with van der Waals surface area (Å²) in [7, 11) is 0. The highest BCUT2D eigenvalue weighted by atomic mass is 19.1. The number of ether oxygens (including phenoxy) is 2. The number of esters is 1.